The number of hydrogen-bond donors (Lipinski definition) is 2. The summed E-state index contributed by atoms with van der Waals surface area (Å²) in [5.41, 5.74) is -1.00. The number of hydrogen-bond acceptors (Lipinski definition) is 5. The molecule has 0 saturated carbocycles. The molecule has 26 heavy (non-hydrogen) atoms. The molecule has 0 spiro atoms. The van der Waals surface area contributed by atoms with Crippen LogP contribution < -0.4 is 9.64 Å². The molecule has 8 nitrogen and oxygen atoms in total. The fourth-order valence-electron chi connectivity index (χ4n) is 3.24. The molecule has 0 atom stereocenters. The van der Waals surface area contributed by atoms with Crippen molar-refractivity contribution in [2.45, 2.75) is 31.3 Å². The molecule has 2 N–H and O–H groups in total. The molecule has 1 aromatic carbocycles. The van der Waals surface area contributed by atoms with E-state index in [9.17, 15) is 19.5 Å². The number of amides is 2. The molecular weight excluding hydrogens is 340 g/mol. The first kappa shape index (κ1) is 18.2. The number of piperidine rings is 1. The van der Waals surface area contributed by atoms with Crippen molar-refractivity contribution in [2.75, 3.05) is 31.1 Å². The average molecular weight is 362 g/mol. The summed E-state index contributed by atoms with van der Waals surface area (Å²) < 4.78 is 5.55. The Hall–Kier alpha value is -2.61. The lowest BCUT2D eigenvalue weighted by Gasteiger charge is -2.35. The van der Waals surface area contributed by atoms with E-state index >= 15 is 0 Å². The van der Waals surface area contributed by atoms with Crippen molar-refractivity contribution in [3.63, 3.8) is 0 Å². The van der Waals surface area contributed by atoms with E-state index < -0.39 is 11.6 Å². The zero-order chi connectivity index (χ0) is 18.7. The van der Waals surface area contributed by atoms with E-state index in [0.717, 1.165) is 12.1 Å². The van der Waals surface area contributed by atoms with Crippen LogP contribution in [-0.2, 0) is 14.4 Å². The standard InChI is InChI=1S/C18H22N2O6/c21-15-5-2-8-20(15)13-3-1-4-14(11-13)26-12-16(22)19-9-6-18(25,7-10-19)17(23)24/h1,3-4,11,25H,2,5-10,12H2,(H,23,24). The van der Waals surface area contributed by atoms with Gasteiger partial charge in [-0.1, -0.05) is 6.07 Å². The van der Waals surface area contributed by atoms with Crippen molar-refractivity contribution in [1.82, 2.24) is 4.90 Å². The van der Waals surface area contributed by atoms with Gasteiger partial charge >= 0.3 is 5.97 Å². The number of aliphatic carboxylic acids is 1. The normalized spacial score (nSPS) is 19.5. The summed E-state index contributed by atoms with van der Waals surface area (Å²) in [4.78, 5) is 38.3. The van der Waals surface area contributed by atoms with Crippen LogP contribution in [0, 0.1) is 0 Å². The van der Waals surface area contributed by atoms with Crippen LogP contribution in [-0.4, -0.2) is 64.7 Å². The molecule has 0 radical (unpaired) electrons. The van der Waals surface area contributed by atoms with Crippen molar-refractivity contribution in [3.8, 4) is 5.75 Å². The summed E-state index contributed by atoms with van der Waals surface area (Å²) >= 11 is 0. The van der Waals surface area contributed by atoms with Gasteiger partial charge in [0.1, 0.15) is 5.75 Å². The minimum Gasteiger partial charge on any atom is -0.484 e. The maximum atomic E-state index is 12.3. The van der Waals surface area contributed by atoms with E-state index in [1.807, 2.05) is 6.07 Å². The fraction of sp³-hybridized carbons (Fsp3) is 0.500. The van der Waals surface area contributed by atoms with Crippen LogP contribution in [0.3, 0.4) is 0 Å². The Balaban J connectivity index is 1.54. The number of rotatable bonds is 5. The Morgan fingerprint density at radius 3 is 2.54 bits per heavy atom. The third-order valence-corrected chi connectivity index (χ3v) is 4.91. The quantitative estimate of drug-likeness (QED) is 0.796. The zero-order valence-electron chi connectivity index (χ0n) is 14.4. The SMILES string of the molecule is O=C(COc1cccc(N2CCCC2=O)c1)N1CCC(O)(C(=O)O)CC1. The second-order valence-electron chi connectivity index (χ2n) is 6.65. The van der Waals surface area contributed by atoms with Gasteiger partial charge in [-0.3, -0.25) is 9.59 Å². The van der Waals surface area contributed by atoms with Gasteiger partial charge < -0.3 is 24.7 Å². The Bertz CT molecular complexity index is 711. The van der Waals surface area contributed by atoms with Gasteiger partial charge in [0.05, 0.1) is 0 Å². The maximum Gasteiger partial charge on any atom is 0.335 e. The van der Waals surface area contributed by atoms with Crippen LogP contribution in [0.2, 0.25) is 0 Å². The van der Waals surface area contributed by atoms with Crippen LogP contribution >= 0.6 is 0 Å². The largest absolute Gasteiger partial charge is 0.484 e. The number of carbonyl (C=O) groups excluding carboxylic acids is 2. The lowest BCUT2D eigenvalue weighted by Crippen LogP contribution is -2.51. The van der Waals surface area contributed by atoms with Gasteiger partial charge in [0.2, 0.25) is 5.91 Å². The van der Waals surface area contributed by atoms with Crippen LogP contribution in [0.4, 0.5) is 5.69 Å². The lowest BCUT2D eigenvalue weighted by atomic mass is 9.92. The summed E-state index contributed by atoms with van der Waals surface area (Å²) in [7, 11) is 0. The van der Waals surface area contributed by atoms with Gasteiger partial charge in [-0.25, -0.2) is 4.79 Å². The predicted molar refractivity (Wildman–Crippen MR) is 91.9 cm³/mol. The average Bonchev–Trinajstić information content (AvgIpc) is 3.06. The lowest BCUT2D eigenvalue weighted by molar-refractivity contribution is -0.165. The van der Waals surface area contributed by atoms with Gasteiger partial charge in [0.15, 0.2) is 12.2 Å². The highest BCUT2D eigenvalue weighted by molar-refractivity contribution is 5.95. The van der Waals surface area contributed by atoms with E-state index in [0.29, 0.717) is 18.7 Å². The third kappa shape index (κ3) is 3.80. The molecule has 2 fully saturated rings. The van der Waals surface area contributed by atoms with Crippen molar-refractivity contribution in [1.29, 1.82) is 0 Å². The van der Waals surface area contributed by atoms with E-state index in [2.05, 4.69) is 0 Å². The highest BCUT2D eigenvalue weighted by Crippen LogP contribution is 2.26. The minimum atomic E-state index is -1.76. The molecule has 1 aromatic rings. The molecule has 2 aliphatic heterocycles. The molecule has 2 heterocycles. The first-order valence-corrected chi connectivity index (χ1v) is 8.66. The second kappa shape index (κ2) is 7.33. The van der Waals surface area contributed by atoms with Gasteiger partial charge in [-0.15, -0.1) is 0 Å². The Morgan fingerprint density at radius 1 is 1.19 bits per heavy atom. The first-order valence-electron chi connectivity index (χ1n) is 8.66. The van der Waals surface area contributed by atoms with Crippen molar-refractivity contribution < 1.29 is 29.3 Å². The summed E-state index contributed by atoms with van der Waals surface area (Å²) in [6.45, 7) is 0.852. The summed E-state index contributed by atoms with van der Waals surface area (Å²) in [6.07, 6.45) is 1.38. The van der Waals surface area contributed by atoms with E-state index in [1.54, 1.807) is 23.1 Å². The minimum absolute atomic E-state index is 0.000625. The fourth-order valence-corrected chi connectivity index (χ4v) is 3.24. The number of benzene rings is 1. The summed E-state index contributed by atoms with van der Waals surface area (Å²) in [5.74, 6) is -0.943. The monoisotopic (exact) mass is 362 g/mol. The number of nitrogens with zero attached hydrogens (tertiary/aromatic N) is 2. The van der Waals surface area contributed by atoms with E-state index in [4.69, 9.17) is 9.84 Å². The topological polar surface area (TPSA) is 107 Å². The highest BCUT2D eigenvalue weighted by atomic mass is 16.5. The van der Waals surface area contributed by atoms with Gasteiger partial charge in [0.25, 0.3) is 5.91 Å². The van der Waals surface area contributed by atoms with Crippen LogP contribution in [0.15, 0.2) is 24.3 Å². The van der Waals surface area contributed by atoms with E-state index in [1.165, 1.54) is 4.90 Å². The molecule has 2 amide bonds. The molecule has 0 aliphatic carbocycles. The third-order valence-electron chi connectivity index (χ3n) is 4.91. The molecule has 2 saturated heterocycles. The number of aliphatic hydroxyl groups is 1. The number of carboxylic acids is 1. The number of likely N-dealkylation sites (tertiary alicyclic amines) is 1. The summed E-state index contributed by atoms with van der Waals surface area (Å²) in [5, 5.41) is 18.9. The zero-order valence-corrected chi connectivity index (χ0v) is 14.4. The molecule has 140 valence electrons. The second-order valence-corrected chi connectivity index (χ2v) is 6.65. The Labute approximate surface area is 151 Å². The number of ether oxygens (including phenoxy) is 1. The predicted octanol–water partition coefficient (Wildman–Crippen LogP) is 0.630. The van der Waals surface area contributed by atoms with Crippen LogP contribution in [0.25, 0.3) is 0 Å². The Morgan fingerprint density at radius 2 is 1.92 bits per heavy atom. The molecule has 2 aliphatic rings. The molecule has 8 heteroatoms. The van der Waals surface area contributed by atoms with E-state index in [-0.39, 0.29) is 44.4 Å². The first-order chi connectivity index (χ1) is 12.4. The number of carboxylic acid groups (broad SMARTS) is 1. The van der Waals surface area contributed by atoms with Crippen molar-refractivity contribution in [3.05, 3.63) is 24.3 Å². The van der Waals surface area contributed by atoms with Gasteiger partial charge in [-0.05, 0) is 18.6 Å². The Kier molecular flexibility index (Phi) is 5.13. The number of carbonyl (C=O) groups is 3. The number of anilines is 1. The maximum absolute atomic E-state index is 12.3. The molecular formula is C18H22N2O6. The van der Waals surface area contributed by atoms with Crippen LogP contribution in [0.5, 0.6) is 5.75 Å². The van der Waals surface area contributed by atoms with Gasteiger partial charge in [0, 0.05) is 50.7 Å². The molecule has 0 bridgehead atoms. The molecule has 0 unspecified atom stereocenters. The summed E-state index contributed by atoms with van der Waals surface area (Å²) in [6, 6.07) is 7.05. The smallest absolute Gasteiger partial charge is 0.335 e. The van der Waals surface area contributed by atoms with Crippen LogP contribution in [0.1, 0.15) is 25.7 Å². The molecule has 3 rings (SSSR count). The van der Waals surface area contributed by atoms with Crippen molar-refractivity contribution >= 4 is 23.5 Å². The van der Waals surface area contributed by atoms with Crippen molar-refractivity contribution in [2.24, 2.45) is 0 Å². The van der Waals surface area contributed by atoms with Gasteiger partial charge in [-0.2, -0.15) is 0 Å². The molecule has 0 aromatic heterocycles. The highest BCUT2D eigenvalue weighted by Gasteiger charge is 2.40.